The number of H-pyrrole nitrogens is 1. The zero-order valence-electron chi connectivity index (χ0n) is 16.8. The van der Waals surface area contributed by atoms with Gasteiger partial charge in [0, 0.05) is 11.1 Å². The van der Waals surface area contributed by atoms with Crippen LogP contribution >= 0.6 is 11.6 Å². The summed E-state index contributed by atoms with van der Waals surface area (Å²) in [5, 5.41) is 0.754. The Morgan fingerprint density at radius 2 is 1.45 bits per heavy atom. The minimum atomic E-state index is -4.48. The predicted molar refractivity (Wildman–Crippen MR) is 121 cm³/mol. The minimum absolute atomic E-state index is 0.0323. The molecule has 3 N–H and O–H groups in total. The maximum atomic E-state index is 13.7. The number of nitrogens with one attached hydrogen (secondary N) is 1. The first kappa shape index (κ1) is 21.5. The van der Waals surface area contributed by atoms with Gasteiger partial charge < -0.3 is 10.7 Å². The highest BCUT2D eigenvalue weighted by atomic mass is 35.5. The van der Waals surface area contributed by atoms with Crippen molar-refractivity contribution in [2.24, 2.45) is 5.73 Å². The Kier molecular flexibility index (Phi) is 6.08. The van der Waals surface area contributed by atoms with Gasteiger partial charge in [0.25, 0.3) is 0 Å². The average molecular weight is 443 g/mol. The van der Waals surface area contributed by atoms with Crippen LogP contribution in [-0.4, -0.2) is 11.5 Å². The summed E-state index contributed by atoms with van der Waals surface area (Å²) in [7, 11) is 0. The van der Waals surface area contributed by atoms with E-state index < -0.39 is 11.7 Å². The third-order valence-electron chi connectivity index (χ3n) is 5.48. The van der Waals surface area contributed by atoms with Crippen molar-refractivity contribution in [2.45, 2.75) is 25.4 Å². The fourth-order valence-electron chi connectivity index (χ4n) is 3.97. The van der Waals surface area contributed by atoms with E-state index in [1.54, 1.807) is 0 Å². The van der Waals surface area contributed by atoms with Crippen molar-refractivity contribution in [1.29, 1.82) is 0 Å². The summed E-state index contributed by atoms with van der Waals surface area (Å²) in [6.07, 6.45) is -2.33. The molecular formula is C25H22ClF3N2. The van der Waals surface area contributed by atoms with Gasteiger partial charge in [0.05, 0.1) is 16.1 Å². The number of aromatic amines is 1. The minimum Gasteiger partial charge on any atom is -0.354 e. The quantitative estimate of drug-likeness (QED) is 0.299. The molecule has 0 atom stereocenters. The number of hydrogen-bond acceptors (Lipinski definition) is 1. The Hall–Kier alpha value is -2.76. The number of aryl methyl sites for hydroxylation is 1. The topological polar surface area (TPSA) is 41.8 Å². The maximum Gasteiger partial charge on any atom is 0.418 e. The first-order chi connectivity index (χ1) is 14.9. The van der Waals surface area contributed by atoms with Crippen LogP contribution in [0.4, 0.5) is 13.2 Å². The van der Waals surface area contributed by atoms with Crippen LogP contribution in [0, 0.1) is 0 Å². The fraction of sp³-hybridized carbons (Fsp3) is 0.200. The Morgan fingerprint density at radius 1 is 0.806 bits per heavy atom. The summed E-state index contributed by atoms with van der Waals surface area (Å²) in [5.41, 5.74) is 9.37. The summed E-state index contributed by atoms with van der Waals surface area (Å²) in [6, 6.07) is 20.1. The zero-order chi connectivity index (χ0) is 22.0. The molecule has 4 aromatic rings. The molecule has 0 unspecified atom stereocenters. The zero-order valence-corrected chi connectivity index (χ0v) is 17.5. The normalized spacial score (nSPS) is 11.9. The number of halogens is 4. The van der Waals surface area contributed by atoms with E-state index in [2.05, 4.69) is 4.98 Å². The number of fused-ring (bicyclic) bond motifs is 1. The molecule has 0 aliphatic carbocycles. The van der Waals surface area contributed by atoms with E-state index in [1.807, 2.05) is 54.6 Å². The Morgan fingerprint density at radius 3 is 2.10 bits per heavy atom. The number of hydrogen-bond donors (Lipinski definition) is 2. The maximum absolute atomic E-state index is 13.7. The summed E-state index contributed by atoms with van der Waals surface area (Å²) < 4.78 is 41.0. The monoisotopic (exact) mass is 442 g/mol. The molecule has 0 bridgehead atoms. The molecule has 0 spiro atoms. The predicted octanol–water partition coefficient (Wildman–Crippen LogP) is 7.46. The lowest BCUT2D eigenvalue weighted by atomic mass is 9.97. The molecule has 0 aliphatic heterocycles. The lowest BCUT2D eigenvalue weighted by molar-refractivity contribution is -0.136. The smallest absolute Gasteiger partial charge is 0.354 e. The average Bonchev–Trinajstić information content (AvgIpc) is 3.14. The Labute approximate surface area is 183 Å². The molecule has 0 saturated heterocycles. The van der Waals surface area contributed by atoms with Gasteiger partial charge in [-0.05, 0) is 60.2 Å². The molecule has 2 nitrogen and oxygen atoms in total. The third kappa shape index (κ3) is 4.34. The molecule has 0 fully saturated rings. The Balaban J connectivity index is 1.86. The molecule has 1 heterocycles. The van der Waals surface area contributed by atoms with Gasteiger partial charge in [-0.1, -0.05) is 66.2 Å². The van der Waals surface area contributed by atoms with E-state index in [4.69, 9.17) is 17.3 Å². The van der Waals surface area contributed by atoms with Gasteiger partial charge in [-0.25, -0.2) is 0 Å². The van der Waals surface area contributed by atoms with Gasteiger partial charge in [0.2, 0.25) is 0 Å². The van der Waals surface area contributed by atoms with Crippen molar-refractivity contribution in [2.75, 3.05) is 6.54 Å². The van der Waals surface area contributed by atoms with Gasteiger partial charge >= 0.3 is 6.18 Å². The van der Waals surface area contributed by atoms with Crippen molar-refractivity contribution in [3.8, 4) is 22.4 Å². The number of benzene rings is 3. The molecule has 6 heteroatoms. The van der Waals surface area contributed by atoms with E-state index in [0.717, 1.165) is 41.2 Å². The van der Waals surface area contributed by atoms with Crippen LogP contribution in [0.3, 0.4) is 0 Å². The third-order valence-corrected chi connectivity index (χ3v) is 5.79. The van der Waals surface area contributed by atoms with Crippen LogP contribution in [0.15, 0.2) is 66.7 Å². The number of unbranched alkanes of at least 4 members (excludes halogenated alkanes) is 1. The molecule has 0 aliphatic rings. The molecule has 0 radical (unpaired) electrons. The van der Waals surface area contributed by atoms with Crippen molar-refractivity contribution < 1.29 is 13.2 Å². The highest BCUT2D eigenvalue weighted by molar-refractivity contribution is 6.36. The van der Waals surface area contributed by atoms with E-state index in [1.165, 1.54) is 6.07 Å². The molecule has 160 valence electrons. The van der Waals surface area contributed by atoms with Gasteiger partial charge in [-0.2, -0.15) is 13.2 Å². The van der Waals surface area contributed by atoms with Crippen LogP contribution in [0.2, 0.25) is 5.02 Å². The van der Waals surface area contributed by atoms with Gasteiger partial charge in [-0.15, -0.1) is 0 Å². The fourth-order valence-corrected chi connectivity index (χ4v) is 4.24. The van der Waals surface area contributed by atoms with E-state index in [-0.39, 0.29) is 5.52 Å². The first-order valence-corrected chi connectivity index (χ1v) is 10.5. The number of rotatable bonds is 6. The lowest BCUT2D eigenvalue weighted by Gasteiger charge is -2.09. The Bertz CT molecular complexity index is 1180. The first-order valence-electron chi connectivity index (χ1n) is 10.2. The highest BCUT2D eigenvalue weighted by Gasteiger charge is 2.34. The van der Waals surface area contributed by atoms with Gasteiger partial charge in [-0.3, -0.25) is 0 Å². The standard InChI is InChI=1S/C25H22ClF3N2/c26-21-14-13-20(25(27,28)29)24-22(21)19(8-4-5-15-30)23(31-24)18-11-9-17(10-12-18)16-6-2-1-3-7-16/h1-3,6-7,9-14,31H,4-5,8,15,30H2. The molecular weight excluding hydrogens is 421 g/mol. The molecule has 0 saturated carbocycles. The summed E-state index contributed by atoms with van der Waals surface area (Å²) in [4.78, 5) is 3.05. The molecule has 0 amide bonds. The summed E-state index contributed by atoms with van der Waals surface area (Å²) in [6.45, 7) is 0.533. The van der Waals surface area contributed by atoms with Crippen LogP contribution < -0.4 is 5.73 Å². The molecule has 3 aromatic carbocycles. The molecule has 31 heavy (non-hydrogen) atoms. The van der Waals surface area contributed by atoms with Crippen molar-refractivity contribution >= 4 is 22.5 Å². The van der Waals surface area contributed by atoms with Crippen LogP contribution in [-0.2, 0) is 12.6 Å². The van der Waals surface area contributed by atoms with Crippen molar-refractivity contribution in [3.63, 3.8) is 0 Å². The lowest BCUT2D eigenvalue weighted by Crippen LogP contribution is -2.05. The largest absolute Gasteiger partial charge is 0.418 e. The van der Waals surface area contributed by atoms with Gasteiger partial charge in [0.1, 0.15) is 0 Å². The number of aromatic nitrogens is 1. The van der Waals surface area contributed by atoms with Crippen LogP contribution in [0.1, 0.15) is 24.0 Å². The molecule has 1 aromatic heterocycles. The van der Waals surface area contributed by atoms with Crippen LogP contribution in [0.5, 0.6) is 0 Å². The summed E-state index contributed by atoms with van der Waals surface area (Å²) in [5.74, 6) is 0. The second-order valence-electron chi connectivity index (χ2n) is 7.51. The van der Waals surface area contributed by atoms with E-state index >= 15 is 0 Å². The SMILES string of the molecule is NCCCCc1c(-c2ccc(-c3ccccc3)cc2)[nH]c2c(C(F)(F)F)ccc(Cl)c12. The van der Waals surface area contributed by atoms with Gasteiger partial charge in [0.15, 0.2) is 0 Å². The number of nitrogens with two attached hydrogens (primary N) is 1. The second kappa shape index (κ2) is 8.77. The number of alkyl halides is 3. The summed E-state index contributed by atoms with van der Waals surface area (Å²) >= 11 is 6.39. The van der Waals surface area contributed by atoms with Crippen molar-refractivity contribution in [3.05, 3.63) is 82.9 Å². The van der Waals surface area contributed by atoms with Crippen molar-refractivity contribution in [1.82, 2.24) is 4.98 Å². The van der Waals surface area contributed by atoms with Crippen LogP contribution in [0.25, 0.3) is 33.3 Å². The second-order valence-corrected chi connectivity index (χ2v) is 7.92. The van der Waals surface area contributed by atoms with E-state index in [0.29, 0.717) is 29.1 Å². The van der Waals surface area contributed by atoms with E-state index in [9.17, 15) is 13.2 Å². The molecule has 4 rings (SSSR count). The highest BCUT2D eigenvalue weighted by Crippen LogP contribution is 2.42.